The van der Waals surface area contributed by atoms with Crippen molar-refractivity contribution >= 4 is 23.1 Å². The summed E-state index contributed by atoms with van der Waals surface area (Å²) >= 11 is 0. The number of amides is 1. The van der Waals surface area contributed by atoms with Crippen LogP contribution in [-0.2, 0) is 30.5 Å². The highest BCUT2D eigenvalue weighted by atomic mass is 19.4. The van der Waals surface area contributed by atoms with Crippen molar-refractivity contribution in [3.8, 4) is 0 Å². The van der Waals surface area contributed by atoms with Crippen LogP contribution in [0.4, 0.5) is 18.0 Å². The van der Waals surface area contributed by atoms with Gasteiger partial charge in [0.15, 0.2) is 0 Å². The van der Waals surface area contributed by atoms with Gasteiger partial charge in [0.25, 0.3) is 0 Å². The van der Waals surface area contributed by atoms with Crippen molar-refractivity contribution in [3.05, 3.63) is 65.0 Å². The molecule has 1 aliphatic heterocycles. The molecule has 1 saturated carbocycles. The van der Waals surface area contributed by atoms with Gasteiger partial charge in [0.2, 0.25) is 5.91 Å². The molecule has 0 unspecified atom stereocenters. The first-order valence-electron chi connectivity index (χ1n) is 12.8. The average molecular weight is 532 g/mol. The van der Waals surface area contributed by atoms with Gasteiger partial charge in [0.1, 0.15) is 5.65 Å². The quantitative estimate of drug-likeness (QED) is 0.405. The Morgan fingerprint density at radius 3 is 2.34 bits per heavy atom. The zero-order chi connectivity index (χ0) is 27.4. The fraction of sp³-hybridized carbons (Fsp3) is 0.464. The molecule has 2 aliphatic rings. The Kier molecular flexibility index (Phi) is 8.28. The van der Waals surface area contributed by atoms with Crippen LogP contribution < -0.4 is 0 Å². The van der Waals surface area contributed by atoms with E-state index < -0.39 is 17.9 Å². The maximum atomic E-state index is 13.2. The first-order valence-corrected chi connectivity index (χ1v) is 12.8. The number of aromatic nitrogens is 2. The van der Waals surface area contributed by atoms with Crippen molar-refractivity contribution in [1.82, 2.24) is 14.5 Å². The van der Waals surface area contributed by atoms with Crippen LogP contribution >= 0.6 is 0 Å². The number of hydrogen-bond acceptors (Lipinski definition) is 3. The molecule has 0 spiro atoms. The monoisotopic (exact) mass is 531 g/mol. The lowest BCUT2D eigenvalue weighted by Crippen LogP contribution is -2.37. The van der Waals surface area contributed by atoms with Gasteiger partial charge in [-0.1, -0.05) is 31.9 Å². The molecular weight excluding hydrogens is 499 g/mol. The Balaban J connectivity index is 0.000000786. The van der Waals surface area contributed by atoms with E-state index in [1.807, 2.05) is 17.0 Å². The molecule has 3 heterocycles. The van der Waals surface area contributed by atoms with Gasteiger partial charge in [-0.25, -0.2) is 9.78 Å². The maximum Gasteiger partial charge on any atom is 0.503 e. The van der Waals surface area contributed by atoms with Gasteiger partial charge >= 0.3 is 12.3 Å². The standard InChI is InChI=1S/C27H30F3N3O.CH2O3/c1-18-4-6-19(7-5-18)15-25(34)32-14-12-22-23-3-2-13-31-26(23)33(24(22)17-32)16-20-8-10-21(11-9-20)27(28,29)30;2-1(3)4/h2-3,8-11,13,18-19H,4-7,12,14-17H2,1H3;(H2,2,3,4)/t18-,19-;. The van der Waals surface area contributed by atoms with Crippen molar-refractivity contribution in [2.24, 2.45) is 11.8 Å². The summed E-state index contributed by atoms with van der Waals surface area (Å²) in [5.41, 5.74) is 3.19. The van der Waals surface area contributed by atoms with Gasteiger partial charge in [0.05, 0.1) is 12.1 Å². The average Bonchev–Trinajstić information content (AvgIpc) is 3.18. The molecule has 1 fully saturated rings. The molecule has 2 aromatic heterocycles. The first kappa shape index (κ1) is 27.5. The van der Waals surface area contributed by atoms with Gasteiger partial charge < -0.3 is 19.7 Å². The van der Waals surface area contributed by atoms with Crippen LogP contribution in [0.1, 0.15) is 61.4 Å². The maximum absolute atomic E-state index is 13.2. The SMILES string of the molecule is C[C@H]1CC[C@H](CC(=O)N2CCc3c(n(Cc4ccc(C(F)(F)F)cc4)c4ncccc34)C2)CC1.O=C(O)O. The number of nitrogens with zero attached hydrogens (tertiary/aromatic N) is 3. The number of alkyl halides is 3. The summed E-state index contributed by atoms with van der Waals surface area (Å²) in [4.78, 5) is 28.3. The normalized spacial score (nSPS) is 19.4. The topological polar surface area (TPSA) is 95.7 Å². The lowest BCUT2D eigenvalue weighted by atomic mass is 9.81. The molecular formula is C28H32F3N3O4. The summed E-state index contributed by atoms with van der Waals surface area (Å²) in [6.07, 6.45) is 1.60. The van der Waals surface area contributed by atoms with Crippen LogP contribution in [0.15, 0.2) is 42.6 Å². The highest BCUT2D eigenvalue weighted by molar-refractivity contribution is 5.84. The number of carboxylic acid groups (broad SMARTS) is 2. The van der Waals surface area contributed by atoms with Crippen molar-refractivity contribution in [1.29, 1.82) is 0 Å². The molecule has 0 radical (unpaired) electrons. The van der Waals surface area contributed by atoms with E-state index in [4.69, 9.17) is 15.0 Å². The summed E-state index contributed by atoms with van der Waals surface area (Å²) in [7, 11) is 0. The van der Waals surface area contributed by atoms with E-state index in [0.29, 0.717) is 32.0 Å². The highest BCUT2D eigenvalue weighted by Crippen LogP contribution is 2.34. The van der Waals surface area contributed by atoms with Crippen molar-refractivity contribution in [3.63, 3.8) is 0 Å². The second kappa shape index (κ2) is 11.4. The van der Waals surface area contributed by atoms with Crippen LogP contribution in [-0.4, -0.2) is 43.3 Å². The third-order valence-electron chi connectivity index (χ3n) is 7.59. The van der Waals surface area contributed by atoms with Crippen molar-refractivity contribution < 1.29 is 33.0 Å². The Morgan fingerprint density at radius 1 is 1.05 bits per heavy atom. The van der Waals surface area contributed by atoms with E-state index in [1.165, 1.54) is 30.5 Å². The van der Waals surface area contributed by atoms with Gasteiger partial charge in [-0.15, -0.1) is 0 Å². The molecule has 1 aliphatic carbocycles. The number of carbonyl (C=O) groups excluding carboxylic acids is 1. The molecule has 0 bridgehead atoms. The smallest absolute Gasteiger partial charge is 0.450 e. The second-order valence-electron chi connectivity index (χ2n) is 10.3. The van der Waals surface area contributed by atoms with E-state index in [9.17, 15) is 18.0 Å². The predicted octanol–water partition coefficient (Wildman–Crippen LogP) is 6.43. The lowest BCUT2D eigenvalue weighted by molar-refractivity contribution is -0.137. The predicted molar refractivity (Wildman–Crippen MR) is 136 cm³/mol. The number of rotatable bonds is 4. The van der Waals surface area contributed by atoms with E-state index >= 15 is 0 Å². The fourth-order valence-electron chi connectivity index (χ4n) is 5.53. The van der Waals surface area contributed by atoms with Crippen LogP contribution in [0.5, 0.6) is 0 Å². The number of halogens is 3. The molecule has 1 aromatic carbocycles. The molecule has 7 nitrogen and oxygen atoms in total. The molecule has 0 saturated heterocycles. The van der Waals surface area contributed by atoms with Gasteiger partial charge in [-0.05, 0) is 66.5 Å². The largest absolute Gasteiger partial charge is 0.503 e. The van der Waals surface area contributed by atoms with E-state index in [0.717, 1.165) is 59.6 Å². The Hall–Kier alpha value is -3.56. The zero-order valence-corrected chi connectivity index (χ0v) is 21.2. The van der Waals surface area contributed by atoms with Crippen LogP contribution in [0.25, 0.3) is 11.0 Å². The van der Waals surface area contributed by atoms with Crippen LogP contribution in [0.3, 0.4) is 0 Å². The number of benzene rings is 1. The second-order valence-corrected chi connectivity index (χ2v) is 10.3. The Labute approximate surface area is 218 Å². The third-order valence-corrected chi connectivity index (χ3v) is 7.59. The third kappa shape index (κ3) is 6.46. The summed E-state index contributed by atoms with van der Waals surface area (Å²) < 4.78 is 41.0. The lowest BCUT2D eigenvalue weighted by Gasteiger charge is -2.31. The molecule has 5 rings (SSSR count). The van der Waals surface area contributed by atoms with Crippen LogP contribution in [0.2, 0.25) is 0 Å². The summed E-state index contributed by atoms with van der Waals surface area (Å²) in [6, 6.07) is 9.26. The number of pyridine rings is 1. The molecule has 38 heavy (non-hydrogen) atoms. The minimum absolute atomic E-state index is 0.212. The summed E-state index contributed by atoms with van der Waals surface area (Å²) in [5.74, 6) is 1.45. The first-order chi connectivity index (χ1) is 18.0. The molecule has 10 heteroatoms. The number of carbonyl (C=O) groups is 2. The van der Waals surface area contributed by atoms with Crippen molar-refractivity contribution in [2.75, 3.05) is 6.54 Å². The van der Waals surface area contributed by atoms with Gasteiger partial charge in [-0.2, -0.15) is 13.2 Å². The van der Waals surface area contributed by atoms with E-state index in [1.54, 1.807) is 6.20 Å². The minimum Gasteiger partial charge on any atom is -0.450 e. The van der Waals surface area contributed by atoms with E-state index in [2.05, 4.69) is 16.5 Å². The van der Waals surface area contributed by atoms with Gasteiger partial charge in [-0.3, -0.25) is 4.79 Å². The number of hydrogen-bond donors (Lipinski definition) is 2. The molecule has 0 atom stereocenters. The summed E-state index contributed by atoms with van der Waals surface area (Å²) in [6.45, 7) is 3.93. The summed E-state index contributed by atoms with van der Waals surface area (Å²) in [5, 5.41) is 15.0. The zero-order valence-electron chi connectivity index (χ0n) is 21.2. The van der Waals surface area contributed by atoms with Crippen LogP contribution in [0, 0.1) is 11.8 Å². The molecule has 204 valence electrons. The van der Waals surface area contributed by atoms with Crippen molar-refractivity contribution in [2.45, 2.75) is 64.7 Å². The number of fused-ring (bicyclic) bond motifs is 3. The Bertz CT molecular complexity index is 1270. The molecule has 3 aromatic rings. The van der Waals surface area contributed by atoms with Gasteiger partial charge in [0, 0.05) is 36.8 Å². The molecule has 1 amide bonds. The van der Waals surface area contributed by atoms with E-state index in [-0.39, 0.29) is 5.91 Å². The molecule has 2 N–H and O–H groups in total. The fourth-order valence-corrected chi connectivity index (χ4v) is 5.53. The Morgan fingerprint density at radius 2 is 1.71 bits per heavy atom. The minimum atomic E-state index is -4.35. The highest BCUT2D eigenvalue weighted by Gasteiger charge is 2.31.